The topological polar surface area (TPSA) is 38.5 Å². The molecular weight excluding hydrogens is 212 g/mol. The summed E-state index contributed by atoms with van der Waals surface area (Å²) in [7, 11) is 2.06. The van der Waals surface area contributed by atoms with Gasteiger partial charge in [-0.3, -0.25) is 4.90 Å². The largest absolute Gasteiger partial charge is 0.492 e. The minimum absolute atomic E-state index is 0.512. The second-order valence-corrected chi connectivity index (χ2v) is 4.36. The molecule has 0 bridgehead atoms. The Hall–Kier alpha value is -1.32. The zero-order chi connectivity index (χ0) is 12.7. The van der Waals surface area contributed by atoms with E-state index in [1.54, 1.807) is 0 Å². The highest BCUT2D eigenvalue weighted by atomic mass is 16.5. The number of nitrogens with zero attached hydrogens (tertiary/aromatic N) is 1. The monoisotopic (exact) mass is 234 g/mol. The van der Waals surface area contributed by atoms with Crippen LogP contribution in [0.4, 0.5) is 0 Å². The Morgan fingerprint density at radius 1 is 1.41 bits per heavy atom. The molecule has 17 heavy (non-hydrogen) atoms. The predicted molar refractivity (Wildman–Crippen MR) is 72.1 cm³/mol. The summed E-state index contributed by atoms with van der Waals surface area (Å²) in [6, 6.07) is 7.89. The van der Waals surface area contributed by atoms with Crippen molar-refractivity contribution < 1.29 is 4.74 Å². The quantitative estimate of drug-likeness (QED) is 0.734. The van der Waals surface area contributed by atoms with Crippen LogP contribution in [-0.4, -0.2) is 31.6 Å². The molecule has 0 saturated heterocycles. The highest BCUT2D eigenvalue weighted by Crippen LogP contribution is 2.16. The first-order valence-electron chi connectivity index (χ1n) is 5.87. The highest BCUT2D eigenvalue weighted by molar-refractivity contribution is 5.32. The summed E-state index contributed by atoms with van der Waals surface area (Å²) in [6.45, 7) is 8.88. The van der Waals surface area contributed by atoms with Gasteiger partial charge >= 0.3 is 0 Å². The van der Waals surface area contributed by atoms with Crippen LogP contribution in [0.2, 0.25) is 0 Å². The molecule has 3 heteroatoms. The van der Waals surface area contributed by atoms with E-state index < -0.39 is 0 Å². The van der Waals surface area contributed by atoms with E-state index in [0.29, 0.717) is 13.2 Å². The first kappa shape index (κ1) is 13.7. The Morgan fingerprint density at radius 2 is 2.12 bits per heavy atom. The molecule has 3 nitrogen and oxygen atoms in total. The molecule has 0 heterocycles. The van der Waals surface area contributed by atoms with Gasteiger partial charge in [0.05, 0.1) is 0 Å². The number of hydrogen-bond donors (Lipinski definition) is 1. The number of likely N-dealkylation sites (N-methyl/N-ethyl adjacent to an activating group) is 1. The smallest absolute Gasteiger partial charge is 0.123 e. The molecule has 0 aliphatic heterocycles. The second-order valence-electron chi connectivity index (χ2n) is 4.36. The van der Waals surface area contributed by atoms with E-state index in [-0.39, 0.29) is 0 Å². The Balaban J connectivity index is 2.37. The Morgan fingerprint density at radius 3 is 2.76 bits per heavy atom. The Bertz CT molecular complexity index is 363. The SMILES string of the molecule is C=C(C)CN(C)CCOc1ccccc1CN. The summed E-state index contributed by atoms with van der Waals surface area (Å²) in [5, 5.41) is 0. The van der Waals surface area contributed by atoms with Crippen LogP contribution in [0.25, 0.3) is 0 Å². The third-order valence-corrected chi connectivity index (χ3v) is 2.46. The van der Waals surface area contributed by atoms with Crippen molar-refractivity contribution >= 4 is 0 Å². The molecule has 0 aliphatic carbocycles. The molecule has 1 aromatic rings. The van der Waals surface area contributed by atoms with Gasteiger partial charge in [-0.05, 0) is 20.0 Å². The zero-order valence-electron chi connectivity index (χ0n) is 10.8. The molecule has 1 aromatic carbocycles. The maximum absolute atomic E-state index is 5.73. The lowest BCUT2D eigenvalue weighted by Gasteiger charge is -2.17. The van der Waals surface area contributed by atoms with Crippen molar-refractivity contribution in [2.45, 2.75) is 13.5 Å². The van der Waals surface area contributed by atoms with Gasteiger partial charge in [0.25, 0.3) is 0 Å². The highest BCUT2D eigenvalue weighted by Gasteiger charge is 2.02. The van der Waals surface area contributed by atoms with Crippen molar-refractivity contribution in [3.63, 3.8) is 0 Å². The summed E-state index contributed by atoms with van der Waals surface area (Å²) in [5.74, 6) is 0.888. The van der Waals surface area contributed by atoms with E-state index in [2.05, 4.69) is 18.5 Å². The van der Waals surface area contributed by atoms with Crippen LogP contribution in [0.1, 0.15) is 12.5 Å². The fraction of sp³-hybridized carbons (Fsp3) is 0.429. The first-order valence-corrected chi connectivity index (χ1v) is 5.87. The van der Waals surface area contributed by atoms with Gasteiger partial charge in [-0.1, -0.05) is 30.4 Å². The fourth-order valence-corrected chi connectivity index (χ4v) is 1.66. The van der Waals surface area contributed by atoms with Gasteiger partial charge in [-0.25, -0.2) is 0 Å². The maximum atomic E-state index is 5.73. The summed E-state index contributed by atoms with van der Waals surface area (Å²) in [5.41, 5.74) is 7.86. The summed E-state index contributed by atoms with van der Waals surface area (Å²) < 4.78 is 5.73. The molecule has 0 fully saturated rings. The van der Waals surface area contributed by atoms with E-state index in [0.717, 1.165) is 30.0 Å². The fourth-order valence-electron chi connectivity index (χ4n) is 1.66. The molecule has 0 aliphatic rings. The third kappa shape index (κ3) is 5.02. The molecule has 0 radical (unpaired) electrons. The van der Waals surface area contributed by atoms with E-state index in [4.69, 9.17) is 10.5 Å². The van der Waals surface area contributed by atoms with E-state index in [1.807, 2.05) is 31.2 Å². The van der Waals surface area contributed by atoms with E-state index in [9.17, 15) is 0 Å². The van der Waals surface area contributed by atoms with Crippen molar-refractivity contribution in [3.8, 4) is 5.75 Å². The molecule has 0 aromatic heterocycles. The molecule has 0 unspecified atom stereocenters. The van der Waals surface area contributed by atoms with Crippen LogP contribution in [0.5, 0.6) is 5.75 Å². The summed E-state index contributed by atoms with van der Waals surface area (Å²) in [4.78, 5) is 2.19. The van der Waals surface area contributed by atoms with Crippen LogP contribution in [0.3, 0.4) is 0 Å². The standard InChI is InChI=1S/C14H22N2O/c1-12(2)11-16(3)8-9-17-14-7-5-4-6-13(14)10-15/h4-7H,1,8-11,15H2,2-3H3. The molecule has 94 valence electrons. The van der Waals surface area contributed by atoms with Crippen molar-refractivity contribution in [3.05, 3.63) is 42.0 Å². The number of rotatable bonds is 7. The Labute approximate surface area is 104 Å². The third-order valence-electron chi connectivity index (χ3n) is 2.46. The average molecular weight is 234 g/mol. The van der Waals surface area contributed by atoms with Crippen molar-refractivity contribution in [2.24, 2.45) is 5.73 Å². The van der Waals surface area contributed by atoms with Gasteiger partial charge in [0.2, 0.25) is 0 Å². The van der Waals surface area contributed by atoms with Gasteiger partial charge in [0.1, 0.15) is 12.4 Å². The first-order chi connectivity index (χ1) is 8.13. The molecule has 0 atom stereocenters. The molecule has 1 rings (SSSR count). The number of benzene rings is 1. The van der Waals surface area contributed by atoms with Crippen LogP contribution < -0.4 is 10.5 Å². The van der Waals surface area contributed by atoms with Crippen LogP contribution in [0.15, 0.2) is 36.4 Å². The zero-order valence-corrected chi connectivity index (χ0v) is 10.8. The maximum Gasteiger partial charge on any atom is 0.123 e. The molecule has 0 saturated carbocycles. The average Bonchev–Trinajstić information content (AvgIpc) is 2.28. The normalized spacial score (nSPS) is 10.6. The van der Waals surface area contributed by atoms with Gasteiger partial charge in [0, 0.05) is 25.2 Å². The lowest BCUT2D eigenvalue weighted by atomic mass is 10.2. The summed E-state index contributed by atoms with van der Waals surface area (Å²) in [6.07, 6.45) is 0. The minimum atomic E-state index is 0.512. The summed E-state index contributed by atoms with van der Waals surface area (Å²) >= 11 is 0. The number of para-hydroxylation sites is 1. The number of hydrogen-bond acceptors (Lipinski definition) is 3. The lowest BCUT2D eigenvalue weighted by Crippen LogP contribution is -2.25. The Kier molecular flexibility index (Phi) is 5.73. The minimum Gasteiger partial charge on any atom is -0.492 e. The van der Waals surface area contributed by atoms with E-state index in [1.165, 1.54) is 0 Å². The molecule has 0 amide bonds. The van der Waals surface area contributed by atoms with Crippen LogP contribution in [-0.2, 0) is 6.54 Å². The number of nitrogens with two attached hydrogens (primary N) is 1. The van der Waals surface area contributed by atoms with Crippen molar-refractivity contribution in [1.29, 1.82) is 0 Å². The van der Waals surface area contributed by atoms with Gasteiger partial charge < -0.3 is 10.5 Å². The van der Waals surface area contributed by atoms with Gasteiger partial charge in [-0.2, -0.15) is 0 Å². The predicted octanol–water partition coefficient (Wildman–Crippen LogP) is 2.03. The van der Waals surface area contributed by atoms with Gasteiger partial charge in [0.15, 0.2) is 0 Å². The van der Waals surface area contributed by atoms with Crippen LogP contribution >= 0.6 is 0 Å². The molecule has 2 N–H and O–H groups in total. The second kappa shape index (κ2) is 7.09. The van der Waals surface area contributed by atoms with Crippen molar-refractivity contribution in [1.82, 2.24) is 4.90 Å². The van der Waals surface area contributed by atoms with Gasteiger partial charge in [-0.15, -0.1) is 0 Å². The lowest BCUT2D eigenvalue weighted by molar-refractivity contribution is 0.246. The molecule has 0 spiro atoms. The van der Waals surface area contributed by atoms with E-state index >= 15 is 0 Å². The molecular formula is C14H22N2O. The number of ether oxygens (including phenoxy) is 1. The van der Waals surface area contributed by atoms with Crippen LogP contribution in [0, 0.1) is 0 Å². The van der Waals surface area contributed by atoms with Crippen molar-refractivity contribution in [2.75, 3.05) is 26.7 Å².